The van der Waals surface area contributed by atoms with Crippen molar-refractivity contribution >= 4 is 46.7 Å². The Kier molecular flexibility index (Phi) is 5.60. The summed E-state index contributed by atoms with van der Waals surface area (Å²) >= 11 is 13.8. The van der Waals surface area contributed by atoms with E-state index in [-0.39, 0.29) is 11.1 Å². The number of alkyl halides is 3. The largest absolute Gasteiger partial charge is 0.416 e. The molecule has 3 rings (SSSR count). The van der Waals surface area contributed by atoms with Gasteiger partial charge in [-0.15, -0.1) is 11.8 Å². The molecule has 9 heteroatoms. The number of nitrogens with one attached hydrogen (secondary N) is 1. The van der Waals surface area contributed by atoms with Gasteiger partial charge in [-0.2, -0.15) is 13.2 Å². The van der Waals surface area contributed by atoms with Gasteiger partial charge in [0.1, 0.15) is 5.37 Å². The van der Waals surface area contributed by atoms with Gasteiger partial charge >= 0.3 is 12.2 Å². The Bertz CT molecular complexity index is 815. The average molecular weight is 421 g/mol. The van der Waals surface area contributed by atoms with E-state index in [1.807, 2.05) is 0 Å². The van der Waals surface area contributed by atoms with Crippen molar-refractivity contribution in [2.45, 2.75) is 11.6 Å². The zero-order chi connectivity index (χ0) is 18.9. The number of amides is 2. The fraction of sp³-hybridized carbons (Fsp3) is 0.235. The predicted octanol–water partition coefficient (Wildman–Crippen LogP) is 6.29. The molecule has 2 amide bonds. The number of carbonyl (C=O) groups is 1. The van der Waals surface area contributed by atoms with Crippen LogP contribution < -0.4 is 5.32 Å². The Morgan fingerprint density at radius 1 is 1.15 bits per heavy atom. The van der Waals surface area contributed by atoms with Crippen LogP contribution in [0.3, 0.4) is 0 Å². The topological polar surface area (TPSA) is 32.3 Å². The smallest absolute Gasteiger partial charge is 0.308 e. The summed E-state index contributed by atoms with van der Waals surface area (Å²) in [5.74, 6) is 0.716. The van der Waals surface area contributed by atoms with Crippen molar-refractivity contribution in [1.82, 2.24) is 4.90 Å². The highest BCUT2D eigenvalue weighted by Gasteiger charge is 2.33. The third-order valence-electron chi connectivity index (χ3n) is 3.86. The monoisotopic (exact) mass is 420 g/mol. The lowest BCUT2D eigenvalue weighted by molar-refractivity contribution is -0.137. The molecule has 0 unspecified atom stereocenters. The molecule has 1 atom stereocenters. The second-order valence-electron chi connectivity index (χ2n) is 5.56. The second kappa shape index (κ2) is 7.58. The van der Waals surface area contributed by atoms with Crippen LogP contribution in [-0.4, -0.2) is 23.2 Å². The summed E-state index contributed by atoms with van der Waals surface area (Å²) in [5.41, 5.74) is 0.246. The highest BCUT2D eigenvalue weighted by atomic mass is 35.5. The maximum absolute atomic E-state index is 12.6. The number of carbonyl (C=O) groups excluding carboxylic acids is 1. The van der Waals surface area contributed by atoms with Gasteiger partial charge < -0.3 is 10.2 Å². The molecular weight excluding hydrogens is 408 g/mol. The molecule has 0 aromatic heterocycles. The molecule has 1 saturated heterocycles. The highest BCUT2D eigenvalue weighted by molar-refractivity contribution is 7.99. The van der Waals surface area contributed by atoms with Crippen LogP contribution in [0.15, 0.2) is 42.5 Å². The van der Waals surface area contributed by atoms with Gasteiger partial charge in [-0.25, -0.2) is 4.79 Å². The summed E-state index contributed by atoms with van der Waals surface area (Å²) in [6, 6.07) is 9.13. The van der Waals surface area contributed by atoms with Crippen molar-refractivity contribution in [3.05, 3.63) is 63.6 Å². The van der Waals surface area contributed by atoms with Gasteiger partial charge in [0.2, 0.25) is 0 Å². The molecule has 1 aliphatic heterocycles. The van der Waals surface area contributed by atoms with Crippen LogP contribution in [0.25, 0.3) is 0 Å². The van der Waals surface area contributed by atoms with Gasteiger partial charge in [-0.05, 0) is 30.3 Å². The van der Waals surface area contributed by atoms with Gasteiger partial charge in [0, 0.05) is 23.5 Å². The Morgan fingerprint density at radius 2 is 1.85 bits per heavy atom. The van der Waals surface area contributed by atoms with Crippen LogP contribution in [-0.2, 0) is 6.18 Å². The Morgan fingerprint density at radius 3 is 2.50 bits per heavy atom. The average Bonchev–Trinajstić information content (AvgIpc) is 3.06. The normalized spacial score (nSPS) is 17.4. The number of hydrogen-bond donors (Lipinski definition) is 1. The Labute approximate surface area is 162 Å². The third kappa shape index (κ3) is 4.05. The SMILES string of the molecule is O=C(Nc1ccc(C(F)(F)F)cc1)N1CCS[C@H]1c1cccc(Cl)c1Cl. The summed E-state index contributed by atoms with van der Waals surface area (Å²) in [6.45, 7) is 0.491. The van der Waals surface area contributed by atoms with Crippen LogP contribution in [0.1, 0.15) is 16.5 Å². The van der Waals surface area contributed by atoms with Gasteiger partial charge in [0.15, 0.2) is 0 Å². The summed E-state index contributed by atoms with van der Waals surface area (Å²) in [6.07, 6.45) is -4.41. The summed E-state index contributed by atoms with van der Waals surface area (Å²) in [7, 11) is 0. The fourth-order valence-electron chi connectivity index (χ4n) is 2.58. The first-order chi connectivity index (χ1) is 12.3. The van der Waals surface area contributed by atoms with E-state index in [1.165, 1.54) is 12.1 Å². The highest BCUT2D eigenvalue weighted by Crippen LogP contribution is 2.43. The number of anilines is 1. The molecular formula is C17H13Cl2F3N2OS. The molecule has 1 fully saturated rings. The molecule has 26 heavy (non-hydrogen) atoms. The van der Waals surface area contributed by atoms with Crippen LogP contribution in [0, 0.1) is 0 Å². The number of thioether (sulfide) groups is 1. The van der Waals surface area contributed by atoms with Crippen LogP contribution in [0.5, 0.6) is 0 Å². The van der Waals surface area contributed by atoms with Gasteiger partial charge in [-0.3, -0.25) is 0 Å². The minimum atomic E-state index is -4.41. The zero-order valence-electron chi connectivity index (χ0n) is 13.2. The quantitative estimate of drug-likeness (QED) is 0.618. The summed E-state index contributed by atoms with van der Waals surface area (Å²) in [4.78, 5) is 14.2. The lowest BCUT2D eigenvalue weighted by Gasteiger charge is -2.25. The van der Waals surface area contributed by atoms with E-state index < -0.39 is 17.8 Å². The fourth-order valence-corrected chi connectivity index (χ4v) is 4.34. The van der Waals surface area contributed by atoms with E-state index in [2.05, 4.69) is 5.32 Å². The molecule has 1 N–H and O–H groups in total. The van der Waals surface area contributed by atoms with Crippen LogP contribution in [0.4, 0.5) is 23.7 Å². The number of rotatable bonds is 2. The van der Waals surface area contributed by atoms with Crippen molar-refractivity contribution in [3.8, 4) is 0 Å². The van der Waals surface area contributed by atoms with Crippen molar-refractivity contribution in [2.24, 2.45) is 0 Å². The summed E-state index contributed by atoms with van der Waals surface area (Å²) in [5, 5.41) is 3.11. The Balaban J connectivity index is 1.75. The molecule has 0 aliphatic carbocycles. The molecule has 138 valence electrons. The number of halogens is 5. The van der Waals surface area contributed by atoms with Crippen molar-refractivity contribution in [2.75, 3.05) is 17.6 Å². The van der Waals surface area contributed by atoms with Gasteiger partial charge in [0.05, 0.1) is 15.6 Å². The molecule has 1 heterocycles. The number of hydrogen-bond acceptors (Lipinski definition) is 2. The van der Waals surface area contributed by atoms with E-state index in [9.17, 15) is 18.0 Å². The maximum Gasteiger partial charge on any atom is 0.416 e. The standard InChI is InChI=1S/C17H13Cl2F3N2OS/c18-13-3-1-2-12(14(13)19)15-24(8-9-26-15)16(25)23-11-6-4-10(5-7-11)17(20,21)22/h1-7,15H,8-9H2,(H,23,25)/t15-/m0/s1. The summed E-state index contributed by atoms with van der Waals surface area (Å²) < 4.78 is 37.8. The first-order valence-corrected chi connectivity index (χ1v) is 9.38. The van der Waals surface area contributed by atoms with E-state index >= 15 is 0 Å². The maximum atomic E-state index is 12.6. The lowest BCUT2D eigenvalue weighted by Crippen LogP contribution is -2.34. The molecule has 0 radical (unpaired) electrons. The molecule has 3 nitrogen and oxygen atoms in total. The first-order valence-electron chi connectivity index (χ1n) is 7.58. The number of nitrogens with zero attached hydrogens (tertiary/aromatic N) is 1. The van der Waals surface area contributed by atoms with E-state index in [4.69, 9.17) is 23.2 Å². The van der Waals surface area contributed by atoms with Crippen molar-refractivity contribution < 1.29 is 18.0 Å². The molecule has 2 aromatic carbocycles. The van der Waals surface area contributed by atoms with E-state index in [1.54, 1.807) is 34.9 Å². The molecule has 2 aromatic rings. The van der Waals surface area contributed by atoms with Crippen LogP contribution in [0.2, 0.25) is 10.0 Å². The third-order valence-corrected chi connectivity index (χ3v) is 5.94. The van der Waals surface area contributed by atoms with Crippen molar-refractivity contribution in [1.29, 1.82) is 0 Å². The minimum Gasteiger partial charge on any atom is -0.308 e. The lowest BCUT2D eigenvalue weighted by atomic mass is 10.2. The van der Waals surface area contributed by atoms with Crippen LogP contribution >= 0.6 is 35.0 Å². The number of benzene rings is 2. The van der Waals surface area contributed by atoms with Gasteiger partial charge in [-0.1, -0.05) is 35.3 Å². The molecule has 1 aliphatic rings. The predicted molar refractivity (Wildman–Crippen MR) is 98.8 cm³/mol. The second-order valence-corrected chi connectivity index (χ2v) is 7.54. The first kappa shape index (κ1) is 19.2. The zero-order valence-corrected chi connectivity index (χ0v) is 15.5. The molecule has 0 saturated carbocycles. The molecule has 0 spiro atoms. The minimum absolute atomic E-state index is 0.288. The van der Waals surface area contributed by atoms with E-state index in [0.29, 0.717) is 22.3 Å². The van der Waals surface area contributed by atoms with E-state index in [0.717, 1.165) is 17.7 Å². The number of urea groups is 1. The van der Waals surface area contributed by atoms with Crippen molar-refractivity contribution in [3.63, 3.8) is 0 Å². The van der Waals surface area contributed by atoms with Gasteiger partial charge in [0.25, 0.3) is 0 Å². The molecule has 0 bridgehead atoms. The Hall–Kier alpha value is -1.57.